The van der Waals surface area contributed by atoms with Crippen LogP contribution in [-0.4, -0.2) is 29.0 Å². The molecule has 1 saturated heterocycles. The van der Waals surface area contributed by atoms with Gasteiger partial charge in [-0.25, -0.2) is 0 Å². The highest BCUT2D eigenvalue weighted by molar-refractivity contribution is 6.43. The van der Waals surface area contributed by atoms with Crippen molar-refractivity contribution in [2.24, 2.45) is 0 Å². The number of ether oxygens (including phenoxy) is 1. The zero-order valence-corrected chi connectivity index (χ0v) is 16.1. The number of fused-ring (bicyclic) bond motifs is 6. The number of carbonyl (C=O) groups is 1. The van der Waals surface area contributed by atoms with Crippen LogP contribution in [0.3, 0.4) is 0 Å². The van der Waals surface area contributed by atoms with Gasteiger partial charge in [0.05, 0.1) is 18.3 Å². The molecule has 3 N–H and O–H groups in total. The van der Waals surface area contributed by atoms with Gasteiger partial charge in [0.2, 0.25) is 0 Å². The molecule has 7 heteroatoms. The zero-order valence-electron chi connectivity index (χ0n) is 16.1. The summed E-state index contributed by atoms with van der Waals surface area (Å²) in [5.74, 6) is -1.21. The van der Waals surface area contributed by atoms with Crippen LogP contribution in [0.4, 0.5) is 0 Å². The lowest BCUT2D eigenvalue weighted by Gasteiger charge is -2.28. The lowest BCUT2D eigenvalue weighted by atomic mass is 9.74. The van der Waals surface area contributed by atoms with Gasteiger partial charge in [0.15, 0.2) is 5.60 Å². The topological polar surface area (TPSA) is 91.9 Å². The molecule has 148 valence electrons. The van der Waals surface area contributed by atoms with Crippen molar-refractivity contribution < 1.29 is 24.0 Å². The molecule has 0 spiro atoms. The molecule has 6 nitrogen and oxygen atoms in total. The lowest BCUT2D eigenvalue weighted by Crippen LogP contribution is -2.53. The Labute approximate surface area is 168 Å². The summed E-state index contributed by atoms with van der Waals surface area (Å²) in [6, 6.07) is 13.6. The number of aryl methyl sites for hydroxylation is 1. The molecule has 0 aliphatic carbocycles. The van der Waals surface area contributed by atoms with E-state index in [1.165, 1.54) is 0 Å². The Morgan fingerprint density at radius 2 is 2.10 bits per heavy atom. The molecule has 0 radical (unpaired) electrons. The van der Waals surface area contributed by atoms with E-state index in [1.807, 2.05) is 49.4 Å². The maximum Gasteiger partial charge on any atom is 0.475 e. The maximum absolute atomic E-state index is 13.3. The van der Waals surface area contributed by atoms with Gasteiger partial charge < -0.3 is 24.5 Å². The minimum atomic E-state index is -1.71. The van der Waals surface area contributed by atoms with Crippen molar-refractivity contribution in [1.82, 2.24) is 5.32 Å². The molecule has 2 aliphatic rings. The third kappa shape index (κ3) is 2.80. The summed E-state index contributed by atoms with van der Waals surface area (Å²) in [6.07, 6.45) is 3.14. The van der Waals surface area contributed by atoms with Gasteiger partial charge in [0, 0.05) is 5.39 Å². The first-order chi connectivity index (χ1) is 14.0. The number of para-hydroxylation sites is 1. The van der Waals surface area contributed by atoms with E-state index in [0.717, 1.165) is 39.6 Å². The van der Waals surface area contributed by atoms with Crippen LogP contribution < -0.4 is 5.32 Å². The summed E-state index contributed by atoms with van der Waals surface area (Å²) < 4.78 is 11.8. The third-order valence-electron chi connectivity index (χ3n) is 6.20. The Kier molecular flexibility index (Phi) is 4.27. The second-order valence-electron chi connectivity index (χ2n) is 7.97. The van der Waals surface area contributed by atoms with Gasteiger partial charge in [0.1, 0.15) is 5.58 Å². The molecule has 0 saturated carbocycles. The van der Waals surface area contributed by atoms with Gasteiger partial charge in [0.25, 0.3) is 5.91 Å². The standard InChI is InChI=1S/C22H22BNO5/c1-13-5-4-7-15-14(12-28-20(13)15)11-19(23(26)27)24-21(25)22-10-9-18(29-22)16-6-2-3-8-17(16)22/h2-8,12,18-19,26-27H,9-11H2,1H3,(H,24,25)/t18-,19-,22+/m0/s1. The van der Waals surface area contributed by atoms with Crippen LogP contribution in [0.25, 0.3) is 11.0 Å². The van der Waals surface area contributed by atoms with Crippen LogP contribution in [0, 0.1) is 6.92 Å². The van der Waals surface area contributed by atoms with Crippen LogP contribution in [-0.2, 0) is 21.6 Å². The monoisotopic (exact) mass is 391 g/mol. The summed E-state index contributed by atoms with van der Waals surface area (Å²) in [6.45, 7) is 1.96. The Morgan fingerprint density at radius 1 is 1.28 bits per heavy atom. The average molecular weight is 391 g/mol. The van der Waals surface area contributed by atoms with Crippen LogP contribution in [0.1, 0.15) is 41.2 Å². The number of furan rings is 1. The number of benzene rings is 2. The van der Waals surface area contributed by atoms with Crippen molar-refractivity contribution in [3.63, 3.8) is 0 Å². The molecule has 3 atom stereocenters. The summed E-state index contributed by atoms with van der Waals surface area (Å²) in [5, 5.41) is 23.7. The Morgan fingerprint density at radius 3 is 2.93 bits per heavy atom. The number of rotatable bonds is 5. The Balaban J connectivity index is 1.42. The Hall–Kier alpha value is -2.61. The molecule has 3 aromatic rings. The van der Waals surface area contributed by atoms with Crippen LogP contribution >= 0.6 is 0 Å². The highest BCUT2D eigenvalue weighted by Gasteiger charge is 2.55. The van der Waals surface area contributed by atoms with Gasteiger partial charge in [-0.05, 0) is 48.4 Å². The van der Waals surface area contributed by atoms with E-state index < -0.39 is 18.7 Å². The molecule has 1 aromatic heterocycles. The molecule has 3 heterocycles. The number of carbonyl (C=O) groups excluding carboxylic acids is 1. The van der Waals surface area contributed by atoms with Crippen molar-refractivity contribution >= 4 is 24.0 Å². The van der Waals surface area contributed by atoms with E-state index in [9.17, 15) is 14.8 Å². The second-order valence-corrected chi connectivity index (χ2v) is 7.97. The van der Waals surface area contributed by atoms with E-state index in [0.29, 0.717) is 6.42 Å². The van der Waals surface area contributed by atoms with Gasteiger partial charge in [-0.15, -0.1) is 0 Å². The highest BCUT2D eigenvalue weighted by Crippen LogP contribution is 2.54. The molecular formula is C22H22BNO5. The normalized spacial score (nSPS) is 23.2. The van der Waals surface area contributed by atoms with E-state index >= 15 is 0 Å². The summed E-state index contributed by atoms with van der Waals surface area (Å²) >= 11 is 0. The smallest absolute Gasteiger partial charge is 0.464 e. The largest absolute Gasteiger partial charge is 0.475 e. The first kappa shape index (κ1) is 18.4. The predicted octanol–water partition coefficient (Wildman–Crippen LogP) is 2.54. The fourth-order valence-electron chi connectivity index (χ4n) is 4.71. The summed E-state index contributed by atoms with van der Waals surface area (Å²) in [7, 11) is -1.71. The van der Waals surface area contributed by atoms with Crippen molar-refractivity contribution in [3.8, 4) is 0 Å². The predicted molar refractivity (Wildman–Crippen MR) is 108 cm³/mol. The number of hydrogen-bond donors (Lipinski definition) is 3. The summed E-state index contributed by atoms with van der Waals surface area (Å²) in [4.78, 5) is 13.3. The quantitative estimate of drug-likeness (QED) is 0.582. The molecule has 5 rings (SSSR count). The van der Waals surface area contributed by atoms with Gasteiger partial charge >= 0.3 is 7.12 Å². The van der Waals surface area contributed by atoms with Gasteiger partial charge in [-0.3, -0.25) is 4.79 Å². The van der Waals surface area contributed by atoms with E-state index in [2.05, 4.69) is 5.32 Å². The highest BCUT2D eigenvalue weighted by atomic mass is 16.5. The van der Waals surface area contributed by atoms with Crippen molar-refractivity contribution in [2.75, 3.05) is 0 Å². The zero-order chi connectivity index (χ0) is 20.2. The number of hydrogen-bond acceptors (Lipinski definition) is 5. The minimum Gasteiger partial charge on any atom is -0.464 e. The fourth-order valence-corrected chi connectivity index (χ4v) is 4.71. The average Bonchev–Trinajstić information content (AvgIpc) is 3.41. The molecule has 29 heavy (non-hydrogen) atoms. The minimum absolute atomic E-state index is 0.0738. The first-order valence-corrected chi connectivity index (χ1v) is 9.89. The van der Waals surface area contributed by atoms with E-state index in [-0.39, 0.29) is 18.4 Å². The van der Waals surface area contributed by atoms with Crippen molar-refractivity contribution in [1.29, 1.82) is 0 Å². The van der Waals surface area contributed by atoms with E-state index in [1.54, 1.807) is 6.26 Å². The molecule has 1 amide bonds. The molecule has 2 aromatic carbocycles. The maximum atomic E-state index is 13.3. The second kappa shape index (κ2) is 6.73. The van der Waals surface area contributed by atoms with Crippen LogP contribution in [0.15, 0.2) is 53.1 Å². The van der Waals surface area contributed by atoms with Crippen LogP contribution in [0.2, 0.25) is 0 Å². The van der Waals surface area contributed by atoms with Gasteiger partial charge in [-0.1, -0.05) is 42.5 Å². The van der Waals surface area contributed by atoms with Crippen LogP contribution in [0.5, 0.6) is 0 Å². The molecule has 2 bridgehead atoms. The van der Waals surface area contributed by atoms with Crippen molar-refractivity contribution in [3.05, 3.63) is 71.0 Å². The molecule has 1 fully saturated rings. The Bertz CT molecular complexity index is 1090. The number of amides is 1. The van der Waals surface area contributed by atoms with Gasteiger partial charge in [-0.2, -0.15) is 0 Å². The number of nitrogens with one attached hydrogen (secondary N) is 1. The fraction of sp³-hybridized carbons (Fsp3) is 0.318. The lowest BCUT2D eigenvalue weighted by molar-refractivity contribution is -0.144. The third-order valence-corrected chi connectivity index (χ3v) is 6.20. The molecule has 2 aliphatic heterocycles. The molecular weight excluding hydrogens is 369 g/mol. The SMILES string of the molecule is Cc1cccc2c(C[C@H](NC(=O)[C@]34CC[C@H](O3)c3ccccc34)B(O)O)coc12. The van der Waals surface area contributed by atoms with E-state index in [4.69, 9.17) is 9.15 Å². The summed E-state index contributed by atoms with van der Waals surface area (Å²) in [5.41, 5.74) is 3.46. The van der Waals surface area contributed by atoms with Crippen molar-refractivity contribution in [2.45, 2.75) is 43.8 Å². The molecule has 0 unspecified atom stereocenters. The first-order valence-electron chi connectivity index (χ1n) is 9.89.